The lowest BCUT2D eigenvalue weighted by atomic mass is 10.1. The van der Waals surface area contributed by atoms with Crippen molar-refractivity contribution >= 4 is 21.8 Å². The molecule has 2 nitrogen and oxygen atoms in total. The Balaban J connectivity index is 3.15. The lowest BCUT2D eigenvalue weighted by molar-refractivity contribution is 0.1000. The number of primary amides is 1. The van der Waals surface area contributed by atoms with Gasteiger partial charge in [-0.1, -0.05) is 15.9 Å². The summed E-state index contributed by atoms with van der Waals surface area (Å²) in [6.07, 6.45) is 0. The standard InChI is InChI=1S/C8H7BrFNO/c9-4-5-1-6(8(11)12)3-7(10)2-5/h1-3H,4H2,(H2,11,12). The van der Waals surface area contributed by atoms with E-state index < -0.39 is 11.7 Å². The molecular formula is C8H7BrFNO. The van der Waals surface area contributed by atoms with E-state index in [1.807, 2.05) is 0 Å². The largest absolute Gasteiger partial charge is 0.366 e. The number of amides is 1. The number of rotatable bonds is 2. The number of benzene rings is 1. The highest BCUT2D eigenvalue weighted by atomic mass is 79.9. The maximum Gasteiger partial charge on any atom is 0.248 e. The van der Waals surface area contributed by atoms with E-state index in [1.54, 1.807) is 6.07 Å². The van der Waals surface area contributed by atoms with Crippen LogP contribution < -0.4 is 5.73 Å². The molecule has 0 atom stereocenters. The van der Waals surface area contributed by atoms with Crippen molar-refractivity contribution in [1.82, 2.24) is 0 Å². The van der Waals surface area contributed by atoms with E-state index in [1.165, 1.54) is 6.07 Å². The molecule has 12 heavy (non-hydrogen) atoms. The third kappa shape index (κ3) is 2.04. The van der Waals surface area contributed by atoms with Crippen molar-refractivity contribution in [1.29, 1.82) is 0 Å². The van der Waals surface area contributed by atoms with E-state index in [0.717, 1.165) is 6.07 Å². The van der Waals surface area contributed by atoms with E-state index in [4.69, 9.17) is 5.73 Å². The van der Waals surface area contributed by atoms with Gasteiger partial charge in [0.15, 0.2) is 0 Å². The number of halogens is 2. The lowest BCUT2D eigenvalue weighted by Gasteiger charge is -1.99. The molecule has 0 radical (unpaired) electrons. The minimum absolute atomic E-state index is 0.199. The van der Waals surface area contributed by atoms with Crippen LogP contribution in [0.25, 0.3) is 0 Å². The van der Waals surface area contributed by atoms with Crippen LogP contribution in [0.2, 0.25) is 0 Å². The summed E-state index contributed by atoms with van der Waals surface area (Å²) in [5.41, 5.74) is 5.88. The highest BCUT2D eigenvalue weighted by Gasteiger charge is 2.03. The minimum Gasteiger partial charge on any atom is -0.366 e. The fraction of sp³-hybridized carbons (Fsp3) is 0.125. The molecule has 0 saturated carbocycles. The summed E-state index contributed by atoms with van der Waals surface area (Å²) in [5.74, 6) is -1.06. The van der Waals surface area contributed by atoms with E-state index in [9.17, 15) is 9.18 Å². The molecule has 64 valence electrons. The molecule has 2 N–H and O–H groups in total. The lowest BCUT2D eigenvalue weighted by Crippen LogP contribution is -2.11. The van der Waals surface area contributed by atoms with Crippen LogP contribution in [0.3, 0.4) is 0 Å². The highest BCUT2D eigenvalue weighted by molar-refractivity contribution is 9.08. The van der Waals surface area contributed by atoms with E-state index in [0.29, 0.717) is 10.9 Å². The molecule has 0 spiro atoms. The van der Waals surface area contributed by atoms with Crippen LogP contribution in [0.4, 0.5) is 4.39 Å². The molecule has 4 heteroatoms. The Labute approximate surface area is 77.7 Å². The Morgan fingerprint density at radius 3 is 2.67 bits per heavy atom. The Morgan fingerprint density at radius 2 is 2.17 bits per heavy atom. The van der Waals surface area contributed by atoms with Gasteiger partial charge in [-0.2, -0.15) is 0 Å². The number of hydrogen-bond acceptors (Lipinski definition) is 1. The van der Waals surface area contributed by atoms with E-state index >= 15 is 0 Å². The zero-order valence-electron chi connectivity index (χ0n) is 6.18. The second-order valence-corrected chi connectivity index (χ2v) is 2.91. The summed E-state index contributed by atoms with van der Waals surface area (Å²) in [5, 5.41) is 0.505. The van der Waals surface area contributed by atoms with Crippen LogP contribution in [-0.2, 0) is 5.33 Å². The van der Waals surface area contributed by atoms with Crippen molar-refractivity contribution in [3.8, 4) is 0 Å². The van der Waals surface area contributed by atoms with Gasteiger partial charge in [0.1, 0.15) is 5.82 Å². The van der Waals surface area contributed by atoms with Crippen molar-refractivity contribution in [2.75, 3.05) is 0 Å². The third-order valence-electron chi connectivity index (χ3n) is 1.40. The van der Waals surface area contributed by atoms with Crippen molar-refractivity contribution in [2.24, 2.45) is 5.73 Å². The molecule has 0 bridgehead atoms. The van der Waals surface area contributed by atoms with Crippen molar-refractivity contribution < 1.29 is 9.18 Å². The van der Waals surface area contributed by atoms with E-state index in [2.05, 4.69) is 15.9 Å². The normalized spacial score (nSPS) is 9.83. The SMILES string of the molecule is NC(=O)c1cc(F)cc(CBr)c1. The summed E-state index contributed by atoms with van der Waals surface area (Å²) in [7, 11) is 0. The van der Waals surface area contributed by atoms with Gasteiger partial charge in [0.05, 0.1) is 0 Å². The van der Waals surface area contributed by atoms with Gasteiger partial charge in [-0.05, 0) is 23.8 Å². The molecule has 0 unspecified atom stereocenters. The maximum absolute atomic E-state index is 12.7. The van der Waals surface area contributed by atoms with Gasteiger partial charge < -0.3 is 5.73 Å². The van der Waals surface area contributed by atoms with Gasteiger partial charge in [0.25, 0.3) is 0 Å². The predicted molar refractivity (Wildman–Crippen MR) is 47.5 cm³/mol. The molecule has 0 aromatic heterocycles. The second-order valence-electron chi connectivity index (χ2n) is 2.35. The monoisotopic (exact) mass is 231 g/mol. The number of carbonyl (C=O) groups excluding carboxylic acids is 1. The molecule has 1 amide bonds. The number of alkyl halides is 1. The van der Waals surface area contributed by atoms with Crippen molar-refractivity contribution in [3.05, 3.63) is 35.1 Å². The van der Waals surface area contributed by atoms with Crippen LogP contribution in [0.15, 0.2) is 18.2 Å². The first-order chi connectivity index (χ1) is 5.63. The second kappa shape index (κ2) is 3.67. The topological polar surface area (TPSA) is 43.1 Å². The number of hydrogen-bond donors (Lipinski definition) is 1. The average Bonchev–Trinajstić information content (AvgIpc) is 2.03. The molecular weight excluding hydrogens is 225 g/mol. The molecule has 1 rings (SSSR count). The third-order valence-corrected chi connectivity index (χ3v) is 2.04. The van der Waals surface area contributed by atoms with Gasteiger partial charge in [-0.15, -0.1) is 0 Å². The molecule has 1 aromatic rings. The van der Waals surface area contributed by atoms with Crippen LogP contribution in [0.1, 0.15) is 15.9 Å². The summed E-state index contributed by atoms with van der Waals surface area (Å²) in [6.45, 7) is 0. The first kappa shape index (κ1) is 9.19. The summed E-state index contributed by atoms with van der Waals surface area (Å²) < 4.78 is 12.7. The van der Waals surface area contributed by atoms with Gasteiger partial charge in [0.2, 0.25) is 5.91 Å². The Hall–Kier alpha value is -0.900. The van der Waals surface area contributed by atoms with Gasteiger partial charge in [-0.3, -0.25) is 4.79 Å². The van der Waals surface area contributed by atoms with Gasteiger partial charge in [-0.25, -0.2) is 4.39 Å². The summed E-state index contributed by atoms with van der Waals surface area (Å²) >= 11 is 3.16. The summed E-state index contributed by atoms with van der Waals surface area (Å²) in [6, 6.07) is 4.02. The average molecular weight is 232 g/mol. The van der Waals surface area contributed by atoms with Gasteiger partial charge >= 0.3 is 0 Å². The molecule has 0 aliphatic heterocycles. The Kier molecular flexibility index (Phi) is 2.81. The number of nitrogens with two attached hydrogens (primary N) is 1. The smallest absolute Gasteiger partial charge is 0.248 e. The van der Waals surface area contributed by atoms with Crippen molar-refractivity contribution in [3.63, 3.8) is 0 Å². The number of carbonyl (C=O) groups is 1. The molecule has 0 aliphatic carbocycles. The van der Waals surface area contributed by atoms with Crippen LogP contribution in [-0.4, -0.2) is 5.91 Å². The fourth-order valence-corrected chi connectivity index (χ4v) is 1.19. The van der Waals surface area contributed by atoms with E-state index in [-0.39, 0.29) is 5.56 Å². The molecule has 0 heterocycles. The maximum atomic E-state index is 12.7. The van der Waals surface area contributed by atoms with Crippen molar-refractivity contribution in [2.45, 2.75) is 5.33 Å². The molecule has 0 saturated heterocycles. The predicted octanol–water partition coefficient (Wildman–Crippen LogP) is 1.82. The fourth-order valence-electron chi connectivity index (χ4n) is 0.870. The summed E-state index contributed by atoms with van der Waals surface area (Å²) in [4.78, 5) is 10.7. The zero-order chi connectivity index (χ0) is 9.14. The van der Waals surface area contributed by atoms with Crippen LogP contribution in [0, 0.1) is 5.82 Å². The van der Waals surface area contributed by atoms with Crippen LogP contribution in [0.5, 0.6) is 0 Å². The van der Waals surface area contributed by atoms with Crippen LogP contribution >= 0.6 is 15.9 Å². The molecule has 0 fully saturated rings. The first-order valence-electron chi connectivity index (χ1n) is 3.28. The quantitative estimate of drug-likeness (QED) is 0.776. The Bertz CT molecular complexity index is 314. The Morgan fingerprint density at radius 1 is 1.50 bits per heavy atom. The minimum atomic E-state index is -0.614. The van der Waals surface area contributed by atoms with Gasteiger partial charge in [0, 0.05) is 10.9 Å². The first-order valence-corrected chi connectivity index (χ1v) is 4.41. The molecule has 1 aromatic carbocycles. The molecule has 0 aliphatic rings. The highest BCUT2D eigenvalue weighted by Crippen LogP contribution is 2.11. The zero-order valence-corrected chi connectivity index (χ0v) is 7.77.